The molecule has 2 N–H and O–H groups in total. The van der Waals surface area contributed by atoms with Gasteiger partial charge in [0.1, 0.15) is 0 Å². The number of nitrogen functional groups attached to an aromatic ring is 1. The highest BCUT2D eigenvalue weighted by Gasteiger charge is 2.23. The Kier molecular flexibility index (Phi) is 4.34. The summed E-state index contributed by atoms with van der Waals surface area (Å²) in [7, 11) is 0. The number of hydrogen-bond acceptors (Lipinski definition) is 4. The molecule has 1 aromatic heterocycles. The van der Waals surface area contributed by atoms with Gasteiger partial charge in [-0.25, -0.2) is 0 Å². The van der Waals surface area contributed by atoms with E-state index in [-0.39, 0.29) is 5.91 Å². The van der Waals surface area contributed by atoms with Crippen LogP contribution in [-0.4, -0.2) is 37.0 Å². The molecule has 0 atom stereocenters. The molecule has 0 radical (unpaired) electrons. The molecule has 0 aliphatic carbocycles. The number of piperazine rings is 1. The Morgan fingerprint density at radius 1 is 1.19 bits per heavy atom. The van der Waals surface area contributed by atoms with Crippen LogP contribution in [0.5, 0.6) is 0 Å². The summed E-state index contributed by atoms with van der Waals surface area (Å²) in [4.78, 5) is 16.6. The molecule has 3 rings (SSSR count). The number of carbonyl (C=O) groups is 1. The number of benzene rings is 1. The van der Waals surface area contributed by atoms with Crippen LogP contribution in [0.1, 0.15) is 10.4 Å². The van der Waals surface area contributed by atoms with Gasteiger partial charge in [0.05, 0.1) is 19.8 Å². The Balaban J connectivity index is 1.65. The van der Waals surface area contributed by atoms with Crippen molar-refractivity contribution in [2.75, 3.05) is 36.8 Å². The van der Waals surface area contributed by atoms with Gasteiger partial charge in [-0.05, 0) is 40.8 Å². The smallest absolute Gasteiger partial charge is 0.254 e. The summed E-state index contributed by atoms with van der Waals surface area (Å²) in [5.41, 5.74) is 8.68. The molecule has 0 bridgehead atoms. The Bertz CT molecular complexity index is 650. The molecule has 1 fully saturated rings. The second kappa shape index (κ2) is 6.23. The number of halogens is 1. The van der Waals surface area contributed by atoms with Gasteiger partial charge < -0.3 is 15.5 Å². The van der Waals surface area contributed by atoms with Gasteiger partial charge in [0.2, 0.25) is 0 Å². The normalized spacial score (nSPS) is 15.3. The molecule has 1 amide bonds. The average Bonchev–Trinajstić information content (AvgIpc) is 2.94. The van der Waals surface area contributed by atoms with Gasteiger partial charge >= 0.3 is 0 Å². The minimum Gasteiger partial charge on any atom is -0.397 e. The number of anilines is 2. The van der Waals surface area contributed by atoms with E-state index in [0.29, 0.717) is 0 Å². The maximum Gasteiger partial charge on any atom is 0.254 e. The third-order valence-electron chi connectivity index (χ3n) is 3.66. The van der Waals surface area contributed by atoms with Gasteiger partial charge in [-0.3, -0.25) is 4.79 Å². The van der Waals surface area contributed by atoms with Crippen molar-refractivity contribution in [3.63, 3.8) is 0 Å². The maximum atomic E-state index is 12.4. The molecule has 2 heterocycles. The van der Waals surface area contributed by atoms with E-state index in [1.807, 2.05) is 40.6 Å². The van der Waals surface area contributed by atoms with Crippen LogP contribution < -0.4 is 10.6 Å². The van der Waals surface area contributed by atoms with E-state index in [2.05, 4.69) is 27.5 Å². The summed E-state index contributed by atoms with van der Waals surface area (Å²) in [5.74, 6) is 0.134. The van der Waals surface area contributed by atoms with Crippen LogP contribution in [0.15, 0.2) is 35.7 Å². The van der Waals surface area contributed by atoms with Gasteiger partial charge in [0.15, 0.2) is 0 Å². The lowest BCUT2D eigenvalue weighted by Crippen LogP contribution is -2.48. The molecule has 1 saturated heterocycles. The first-order valence-electron chi connectivity index (χ1n) is 6.78. The summed E-state index contributed by atoms with van der Waals surface area (Å²) in [5, 5.41) is 1.94. The van der Waals surface area contributed by atoms with Gasteiger partial charge in [-0.2, -0.15) is 0 Å². The quantitative estimate of drug-likeness (QED) is 0.609. The van der Waals surface area contributed by atoms with E-state index in [4.69, 9.17) is 5.73 Å². The molecular weight excluding hydrogens is 397 g/mol. The van der Waals surface area contributed by atoms with Crippen molar-refractivity contribution in [2.45, 2.75) is 0 Å². The SMILES string of the molecule is Nc1ccccc1N1CCN(C(=O)c2csc(I)c2)CC1. The molecule has 2 aromatic rings. The van der Waals surface area contributed by atoms with Crippen molar-refractivity contribution in [2.24, 2.45) is 0 Å². The van der Waals surface area contributed by atoms with E-state index in [1.165, 1.54) is 0 Å². The van der Waals surface area contributed by atoms with Crippen molar-refractivity contribution in [3.05, 3.63) is 44.2 Å². The molecule has 0 saturated carbocycles. The number of thiophene rings is 1. The predicted molar refractivity (Wildman–Crippen MR) is 96.0 cm³/mol. The van der Waals surface area contributed by atoms with Crippen molar-refractivity contribution >= 4 is 51.2 Å². The first-order valence-corrected chi connectivity index (χ1v) is 8.74. The van der Waals surface area contributed by atoms with Crippen molar-refractivity contribution in [1.82, 2.24) is 4.90 Å². The first kappa shape index (κ1) is 14.6. The maximum absolute atomic E-state index is 12.4. The van der Waals surface area contributed by atoms with Crippen LogP contribution in [0.4, 0.5) is 11.4 Å². The number of nitrogens with two attached hydrogens (primary N) is 1. The van der Waals surface area contributed by atoms with E-state index < -0.39 is 0 Å². The van der Waals surface area contributed by atoms with Crippen molar-refractivity contribution < 1.29 is 4.79 Å². The Morgan fingerprint density at radius 3 is 2.52 bits per heavy atom. The number of carbonyl (C=O) groups excluding carboxylic acids is 1. The van der Waals surface area contributed by atoms with Crippen LogP contribution >= 0.6 is 33.9 Å². The van der Waals surface area contributed by atoms with Crippen LogP contribution in [0.25, 0.3) is 0 Å². The fourth-order valence-corrected chi connectivity index (χ4v) is 3.85. The molecule has 110 valence electrons. The summed E-state index contributed by atoms with van der Waals surface area (Å²) in [6.07, 6.45) is 0. The van der Waals surface area contributed by atoms with Gasteiger partial charge in [-0.1, -0.05) is 12.1 Å². The Morgan fingerprint density at radius 2 is 1.90 bits per heavy atom. The highest BCUT2D eigenvalue weighted by Crippen LogP contribution is 2.24. The molecule has 4 nitrogen and oxygen atoms in total. The lowest BCUT2D eigenvalue weighted by atomic mass is 10.2. The second-order valence-electron chi connectivity index (χ2n) is 4.98. The molecule has 0 unspecified atom stereocenters. The highest BCUT2D eigenvalue weighted by atomic mass is 127. The number of rotatable bonds is 2. The molecule has 21 heavy (non-hydrogen) atoms. The van der Waals surface area contributed by atoms with Gasteiger partial charge in [-0.15, -0.1) is 11.3 Å². The van der Waals surface area contributed by atoms with E-state index >= 15 is 0 Å². The highest BCUT2D eigenvalue weighted by molar-refractivity contribution is 14.1. The monoisotopic (exact) mass is 413 g/mol. The van der Waals surface area contributed by atoms with E-state index in [9.17, 15) is 4.79 Å². The number of nitrogens with zero attached hydrogens (tertiary/aromatic N) is 2. The molecule has 1 aliphatic rings. The van der Waals surface area contributed by atoms with Gasteiger partial charge in [0, 0.05) is 31.6 Å². The minimum atomic E-state index is 0.134. The van der Waals surface area contributed by atoms with Gasteiger partial charge in [0.25, 0.3) is 5.91 Å². The zero-order valence-electron chi connectivity index (χ0n) is 11.5. The lowest BCUT2D eigenvalue weighted by molar-refractivity contribution is 0.0747. The van der Waals surface area contributed by atoms with E-state index in [0.717, 1.165) is 46.0 Å². The molecule has 1 aromatic carbocycles. The Hall–Kier alpha value is -1.28. The predicted octanol–water partition coefficient (Wildman–Crippen LogP) is 2.90. The Labute approximate surface area is 141 Å². The third-order valence-corrected chi connectivity index (χ3v) is 5.45. The molecule has 0 spiro atoms. The van der Waals surface area contributed by atoms with E-state index in [1.54, 1.807) is 11.3 Å². The third kappa shape index (κ3) is 3.16. The number of hydrogen-bond donors (Lipinski definition) is 1. The average molecular weight is 413 g/mol. The zero-order valence-corrected chi connectivity index (χ0v) is 14.4. The van der Waals surface area contributed by atoms with Crippen LogP contribution in [0, 0.1) is 2.88 Å². The van der Waals surface area contributed by atoms with Crippen molar-refractivity contribution in [1.29, 1.82) is 0 Å². The van der Waals surface area contributed by atoms with Crippen LogP contribution in [0.3, 0.4) is 0 Å². The molecule has 6 heteroatoms. The summed E-state index contributed by atoms with van der Waals surface area (Å²) < 4.78 is 1.15. The standard InChI is InChI=1S/C15H16IN3OS/c16-14-9-11(10-21-14)15(20)19-7-5-18(6-8-19)13-4-2-1-3-12(13)17/h1-4,9-10H,5-8,17H2. The number of amides is 1. The number of para-hydroxylation sites is 2. The molecule has 1 aliphatic heterocycles. The lowest BCUT2D eigenvalue weighted by Gasteiger charge is -2.36. The van der Waals surface area contributed by atoms with Crippen LogP contribution in [-0.2, 0) is 0 Å². The van der Waals surface area contributed by atoms with Crippen LogP contribution in [0.2, 0.25) is 0 Å². The summed E-state index contributed by atoms with van der Waals surface area (Å²) in [6.45, 7) is 3.11. The fourth-order valence-electron chi connectivity index (χ4n) is 2.53. The fraction of sp³-hybridized carbons (Fsp3) is 0.267. The topological polar surface area (TPSA) is 49.6 Å². The summed E-state index contributed by atoms with van der Waals surface area (Å²) in [6, 6.07) is 9.84. The zero-order chi connectivity index (χ0) is 14.8. The largest absolute Gasteiger partial charge is 0.397 e. The molecular formula is C15H16IN3OS. The first-order chi connectivity index (χ1) is 10.1. The van der Waals surface area contributed by atoms with Crippen molar-refractivity contribution in [3.8, 4) is 0 Å². The second-order valence-corrected chi connectivity index (χ2v) is 7.78. The summed E-state index contributed by atoms with van der Waals surface area (Å²) >= 11 is 3.85. The minimum absolute atomic E-state index is 0.134.